The summed E-state index contributed by atoms with van der Waals surface area (Å²) >= 11 is 6.25. The number of thiazole rings is 1. The fraction of sp³-hybridized carbons (Fsp3) is 0.250. The number of hydrogen-bond acceptors (Lipinski definition) is 6. The van der Waals surface area contributed by atoms with Crippen LogP contribution < -0.4 is 5.32 Å². The quantitative estimate of drug-likeness (QED) is 0.790. The molecule has 0 spiro atoms. The topological polar surface area (TPSA) is 88.5 Å². The van der Waals surface area contributed by atoms with Gasteiger partial charge in [-0.1, -0.05) is 0 Å². The number of hydrogen-bond donors (Lipinski definition) is 2. The van der Waals surface area contributed by atoms with Crippen molar-refractivity contribution in [3.8, 4) is 9.88 Å². The van der Waals surface area contributed by atoms with Crippen molar-refractivity contribution in [3.05, 3.63) is 27.0 Å². The summed E-state index contributed by atoms with van der Waals surface area (Å²) in [5.74, 6) is -1.54. The zero-order valence-corrected chi connectivity index (χ0v) is 14.0. The van der Waals surface area contributed by atoms with E-state index >= 15 is 0 Å². The first kappa shape index (κ1) is 16.1. The first-order valence-corrected chi connectivity index (χ1v) is 8.30. The number of methoxy groups -OCH3 is 1. The zero-order chi connectivity index (χ0) is 15.4. The number of carboxylic acids is 1. The van der Waals surface area contributed by atoms with Crippen LogP contribution >= 0.6 is 38.6 Å². The van der Waals surface area contributed by atoms with E-state index in [2.05, 4.69) is 26.2 Å². The largest absolute Gasteiger partial charge is 0.479 e. The maximum atomic E-state index is 11.9. The van der Waals surface area contributed by atoms with Crippen LogP contribution in [-0.2, 0) is 9.53 Å². The van der Waals surface area contributed by atoms with Crippen molar-refractivity contribution >= 4 is 50.5 Å². The van der Waals surface area contributed by atoms with Crippen LogP contribution in [-0.4, -0.2) is 41.7 Å². The molecule has 2 N–H and O–H groups in total. The van der Waals surface area contributed by atoms with E-state index in [1.165, 1.54) is 29.8 Å². The third-order valence-electron chi connectivity index (χ3n) is 2.52. The van der Waals surface area contributed by atoms with Gasteiger partial charge in [0.1, 0.15) is 10.7 Å². The Morgan fingerprint density at radius 1 is 1.48 bits per heavy atom. The predicted octanol–water partition coefficient (Wildman–Crippen LogP) is 2.46. The molecule has 0 aliphatic carbocycles. The molecule has 2 aromatic heterocycles. The number of aliphatic carboxylic acids is 1. The van der Waals surface area contributed by atoms with Crippen molar-refractivity contribution in [3.63, 3.8) is 0 Å². The molecular weight excluding hydrogens is 380 g/mol. The molecule has 0 bridgehead atoms. The van der Waals surface area contributed by atoms with Crippen molar-refractivity contribution in [1.82, 2.24) is 10.3 Å². The Hall–Kier alpha value is -1.29. The minimum absolute atomic E-state index is 0.109. The predicted molar refractivity (Wildman–Crippen MR) is 83.9 cm³/mol. The Labute approximate surface area is 136 Å². The number of amides is 1. The van der Waals surface area contributed by atoms with Gasteiger partial charge in [-0.15, -0.1) is 22.7 Å². The SMILES string of the molecule is COC(CNC(=O)c1csc(-c2cc(Br)cs2)n1)C(=O)O. The van der Waals surface area contributed by atoms with E-state index in [4.69, 9.17) is 9.84 Å². The Morgan fingerprint density at radius 2 is 2.24 bits per heavy atom. The number of thiophene rings is 1. The minimum Gasteiger partial charge on any atom is -0.479 e. The van der Waals surface area contributed by atoms with Gasteiger partial charge >= 0.3 is 5.97 Å². The lowest BCUT2D eigenvalue weighted by atomic mass is 10.3. The molecule has 21 heavy (non-hydrogen) atoms. The molecule has 1 atom stereocenters. The summed E-state index contributed by atoms with van der Waals surface area (Å²) in [4.78, 5) is 27.9. The number of ether oxygens (including phenoxy) is 1. The van der Waals surface area contributed by atoms with Gasteiger partial charge < -0.3 is 15.2 Å². The van der Waals surface area contributed by atoms with Crippen LogP contribution in [0.25, 0.3) is 9.88 Å². The van der Waals surface area contributed by atoms with Gasteiger partial charge in [0.25, 0.3) is 5.91 Å². The van der Waals surface area contributed by atoms with E-state index < -0.39 is 18.0 Å². The van der Waals surface area contributed by atoms with Gasteiger partial charge in [-0.3, -0.25) is 4.79 Å². The Balaban J connectivity index is 2.01. The van der Waals surface area contributed by atoms with Crippen LogP contribution in [0.15, 0.2) is 21.3 Å². The Bertz CT molecular complexity index is 655. The monoisotopic (exact) mass is 390 g/mol. The molecule has 0 fully saturated rings. The van der Waals surface area contributed by atoms with Crippen LogP contribution in [0.4, 0.5) is 0 Å². The standard InChI is InChI=1S/C12H11BrN2O4S2/c1-19-8(12(17)18)3-14-10(16)7-5-21-11(15-7)9-2-6(13)4-20-9/h2,4-5,8H,3H2,1H3,(H,14,16)(H,17,18). The van der Waals surface area contributed by atoms with Gasteiger partial charge in [-0.05, 0) is 22.0 Å². The normalized spacial score (nSPS) is 12.1. The molecule has 1 amide bonds. The smallest absolute Gasteiger partial charge is 0.334 e. The summed E-state index contributed by atoms with van der Waals surface area (Å²) in [6.07, 6.45) is -1.07. The molecular formula is C12H11BrN2O4S2. The second-order valence-electron chi connectivity index (χ2n) is 3.94. The highest BCUT2D eigenvalue weighted by molar-refractivity contribution is 9.10. The lowest BCUT2D eigenvalue weighted by Crippen LogP contribution is -2.37. The molecule has 2 aromatic rings. The number of carbonyl (C=O) groups excluding carboxylic acids is 1. The Kier molecular flexibility index (Phi) is 5.45. The number of carbonyl (C=O) groups is 2. The van der Waals surface area contributed by atoms with E-state index in [9.17, 15) is 9.59 Å². The van der Waals surface area contributed by atoms with Crippen LogP contribution in [0.2, 0.25) is 0 Å². The summed E-state index contributed by atoms with van der Waals surface area (Å²) in [5.41, 5.74) is 0.264. The van der Waals surface area contributed by atoms with E-state index in [1.54, 1.807) is 5.38 Å². The number of rotatable bonds is 6. The molecule has 6 nitrogen and oxygen atoms in total. The second kappa shape index (κ2) is 7.12. The summed E-state index contributed by atoms with van der Waals surface area (Å²) in [6.45, 7) is -0.109. The molecule has 0 saturated carbocycles. The van der Waals surface area contributed by atoms with Crippen molar-refractivity contribution in [2.75, 3.05) is 13.7 Å². The number of nitrogens with zero attached hydrogens (tertiary/aromatic N) is 1. The van der Waals surface area contributed by atoms with Gasteiger partial charge in [0.2, 0.25) is 0 Å². The maximum absolute atomic E-state index is 11.9. The highest BCUT2D eigenvalue weighted by Gasteiger charge is 2.19. The highest BCUT2D eigenvalue weighted by Crippen LogP contribution is 2.31. The van der Waals surface area contributed by atoms with Crippen molar-refractivity contribution in [2.45, 2.75) is 6.10 Å². The molecule has 9 heteroatoms. The van der Waals surface area contributed by atoms with Crippen LogP contribution in [0.5, 0.6) is 0 Å². The summed E-state index contributed by atoms with van der Waals surface area (Å²) in [7, 11) is 1.28. The first-order chi connectivity index (χ1) is 10.0. The fourth-order valence-corrected chi connectivity index (χ4v) is 3.77. The summed E-state index contributed by atoms with van der Waals surface area (Å²) in [6, 6.07) is 1.93. The van der Waals surface area contributed by atoms with Gasteiger partial charge in [-0.25, -0.2) is 9.78 Å². The number of halogens is 1. The van der Waals surface area contributed by atoms with E-state index in [0.29, 0.717) is 0 Å². The van der Waals surface area contributed by atoms with Crippen molar-refractivity contribution in [1.29, 1.82) is 0 Å². The number of nitrogens with one attached hydrogen (secondary N) is 1. The van der Waals surface area contributed by atoms with Gasteiger partial charge in [0.05, 0.1) is 11.4 Å². The fourth-order valence-electron chi connectivity index (χ4n) is 1.46. The van der Waals surface area contributed by atoms with Gasteiger partial charge in [0, 0.05) is 22.3 Å². The van der Waals surface area contributed by atoms with E-state index in [-0.39, 0.29) is 12.2 Å². The minimum atomic E-state index is -1.12. The molecule has 2 rings (SSSR count). The third-order valence-corrected chi connectivity index (χ3v) is 5.23. The maximum Gasteiger partial charge on any atom is 0.334 e. The first-order valence-electron chi connectivity index (χ1n) is 5.75. The average Bonchev–Trinajstić information content (AvgIpc) is 3.07. The van der Waals surface area contributed by atoms with Gasteiger partial charge in [0.15, 0.2) is 6.10 Å². The van der Waals surface area contributed by atoms with Crippen molar-refractivity contribution in [2.24, 2.45) is 0 Å². The lowest BCUT2D eigenvalue weighted by molar-refractivity contribution is -0.148. The third kappa shape index (κ3) is 4.10. The Morgan fingerprint density at radius 3 is 2.81 bits per heavy atom. The molecule has 0 aliphatic heterocycles. The summed E-state index contributed by atoms with van der Waals surface area (Å²) in [5, 5.41) is 15.6. The van der Waals surface area contributed by atoms with Crippen LogP contribution in [0.3, 0.4) is 0 Å². The number of aromatic nitrogens is 1. The van der Waals surface area contributed by atoms with Crippen LogP contribution in [0.1, 0.15) is 10.5 Å². The van der Waals surface area contributed by atoms with E-state index in [1.807, 2.05) is 11.4 Å². The lowest BCUT2D eigenvalue weighted by Gasteiger charge is -2.10. The van der Waals surface area contributed by atoms with E-state index in [0.717, 1.165) is 14.4 Å². The zero-order valence-electron chi connectivity index (χ0n) is 10.8. The molecule has 0 saturated heterocycles. The summed E-state index contributed by atoms with van der Waals surface area (Å²) < 4.78 is 5.71. The van der Waals surface area contributed by atoms with Crippen molar-refractivity contribution < 1.29 is 19.4 Å². The molecule has 1 unspecified atom stereocenters. The van der Waals surface area contributed by atoms with Crippen LogP contribution in [0, 0.1) is 0 Å². The second-order valence-corrected chi connectivity index (χ2v) is 6.62. The number of carboxylic acid groups (broad SMARTS) is 1. The molecule has 0 radical (unpaired) electrons. The molecule has 2 heterocycles. The van der Waals surface area contributed by atoms with Gasteiger partial charge in [-0.2, -0.15) is 0 Å². The molecule has 0 aromatic carbocycles. The molecule has 112 valence electrons. The molecule has 0 aliphatic rings. The average molecular weight is 391 g/mol. The highest BCUT2D eigenvalue weighted by atomic mass is 79.9.